The van der Waals surface area contributed by atoms with Crippen molar-refractivity contribution < 1.29 is 34.0 Å². The van der Waals surface area contributed by atoms with Gasteiger partial charge in [0.2, 0.25) is 6.79 Å². The van der Waals surface area contributed by atoms with E-state index < -0.39 is 23.8 Å². The highest BCUT2D eigenvalue weighted by molar-refractivity contribution is 5.88. The summed E-state index contributed by atoms with van der Waals surface area (Å²) in [4.78, 5) is 23.7. The summed E-state index contributed by atoms with van der Waals surface area (Å²) >= 11 is 0. The van der Waals surface area contributed by atoms with E-state index in [1.165, 1.54) is 13.2 Å². The maximum Gasteiger partial charge on any atom is 0.312 e. The molecule has 2 aromatic rings. The van der Waals surface area contributed by atoms with Crippen LogP contribution in [0.3, 0.4) is 0 Å². The number of hydrogen-bond acceptors (Lipinski definition) is 5. The van der Waals surface area contributed by atoms with Crippen molar-refractivity contribution in [1.82, 2.24) is 0 Å². The molecule has 1 aliphatic rings. The standard InChI is InChI=1S/C18H16O7/c1-23-12-5-2-10(3-6-12)15(17(19)20)16(18(21)22)11-4-7-13-14(8-11)25-9-24-13/h2-8,15-16H,9H2,1H3,(H,19,20)(H,21,22). The summed E-state index contributed by atoms with van der Waals surface area (Å²) in [5, 5.41) is 19.4. The lowest BCUT2D eigenvalue weighted by molar-refractivity contribution is -0.147. The number of aliphatic carboxylic acids is 2. The molecule has 0 fully saturated rings. The van der Waals surface area contributed by atoms with Crippen molar-refractivity contribution in [3.05, 3.63) is 53.6 Å². The molecule has 0 bridgehead atoms. The number of carboxylic acid groups (broad SMARTS) is 2. The Hall–Kier alpha value is -3.22. The van der Waals surface area contributed by atoms with E-state index >= 15 is 0 Å². The van der Waals surface area contributed by atoms with Gasteiger partial charge in [0.1, 0.15) is 5.75 Å². The lowest BCUT2D eigenvalue weighted by Gasteiger charge is -2.21. The first-order chi connectivity index (χ1) is 12.0. The quantitative estimate of drug-likeness (QED) is 0.830. The van der Waals surface area contributed by atoms with Gasteiger partial charge < -0.3 is 24.4 Å². The van der Waals surface area contributed by atoms with Gasteiger partial charge in [-0.05, 0) is 35.4 Å². The van der Waals surface area contributed by atoms with E-state index in [1.54, 1.807) is 36.4 Å². The number of carboxylic acids is 2. The summed E-state index contributed by atoms with van der Waals surface area (Å²) < 4.78 is 15.5. The minimum absolute atomic E-state index is 0.0529. The average molecular weight is 344 g/mol. The molecule has 7 heteroatoms. The van der Waals surface area contributed by atoms with Gasteiger partial charge in [-0.3, -0.25) is 9.59 Å². The van der Waals surface area contributed by atoms with Gasteiger partial charge >= 0.3 is 11.9 Å². The Labute approximate surface area is 143 Å². The Balaban J connectivity index is 2.03. The SMILES string of the molecule is COc1ccc(C(C(=O)O)C(C(=O)O)c2ccc3c(c2)OCO3)cc1. The van der Waals surface area contributed by atoms with E-state index in [1.807, 2.05) is 0 Å². The fraction of sp³-hybridized carbons (Fsp3) is 0.222. The third kappa shape index (κ3) is 3.21. The zero-order valence-electron chi connectivity index (χ0n) is 13.3. The molecular weight excluding hydrogens is 328 g/mol. The van der Waals surface area contributed by atoms with Crippen LogP contribution >= 0.6 is 0 Å². The van der Waals surface area contributed by atoms with Crippen LogP contribution < -0.4 is 14.2 Å². The molecule has 2 N–H and O–H groups in total. The van der Waals surface area contributed by atoms with Crippen LogP contribution in [0.1, 0.15) is 23.0 Å². The van der Waals surface area contributed by atoms with Gasteiger partial charge in [0.15, 0.2) is 11.5 Å². The highest BCUT2D eigenvalue weighted by Gasteiger charge is 2.37. The number of benzene rings is 2. The molecule has 0 saturated carbocycles. The Morgan fingerprint density at radius 3 is 2.08 bits per heavy atom. The van der Waals surface area contributed by atoms with Crippen LogP contribution in [0.4, 0.5) is 0 Å². The fourth-order valence-corrected chi connectivity index (χ4v) is 2.87. The summed E-state index contributed by atoms with van der Waals surface area (Å²) in [5.41, 5.74) is 0.707. The monoisotopic (exact) mass is 344 g/mol. The van der Waals surface area contributed by atoms with Crippen LogP contribution in [0.15, 0.2) is 42.5 Å². The third-order valence-corrected chi connectivity index (χ3v) is 4.10. The molecule has 0 aliphatic carbocycles. The highest BCUT2D eigenvalue weighted by atomic mass is 16.7. The predicted octanol–water partition coefficient (Wildman–Crippen LogP) is 2.46. The predicted molar refractivity (Wildman–Crippen MR) is 86.3 cm³/mol. The number of hydrogen-bond donors (Lipinski definition) is 2. The van der Waals surface area contributed by atoms with Crippen molar-refractivity contribution in [2.45, 2.75) is 11.8 Å². The molecule has 0 saturated heterocycles. The van der Waals surface area contributed by atoms with Crippen LogP contribution in [0.2, 0.25) is 0 Å². The number of ether oxygens (including phenoxy) is 3. The molecule has 130 valence electrons. The molecule has 1 heterocycles. The minimum Gasteiger partial charge on any atom is -0.497 e. The van der Waals surface area contributed by atoms with Crippen molar-refractivity contribution >= 4 is 11.9 Å². The fourth-order valence-electron chi connectivity index (χ4n) is 2.87. The number of fused-ring (bicyclic) bond motifs is 1. The summed E-state index contributed by atoms with van der Waals surface area (Å²) in [6.45, 7) is 0.0529. The first-order valence-electron chi connectivity index (χ1n) is 7.50. The summed E-state index contributed by atoms with van der Waals surface area (Å²) in [6, 6.07) is 11.0. The van der Waals surface area contributed by atoms with Crippen LogP contribution in [0, 0.1) is 0 Å². The number of methoxy groups -OCH3 is 1. The van der Waals surface area contributed by atoms with E-state index in [4.69, 9.17) is 14.2 Å². The second-order valence-corrected chi connectivity index (χ2v) is 5.52. The molecule has 7 nitrogen and oxygen atoms in total. The van der Waals surface area contributed by atoms with Crippen molar-refractivity contribution in [3.63, 3.8) is 0 Å². The molecule has 0 amide bonds. The first kappa shape index (κ1) is 16.6. The second-order valence-electron chi connectivity index (χ2n) is 5.52. The molecule has 0 spiro atoms. The number of rotatable bonds is 6. The molecule has 0 radical (unpaired) electrons. The van der Waals surface area contributed by atoms with Gasteiger partial charge in [0, 0.05) is 0 Å². The summed E-state index contributed by atoms with van der Waals surface area (Å²) in [5.74, 6) is -3.53. The largest absolute Gasteiger partial charge is 0.497 e. The van der Waals surface area contributed by atoms with Crippen molar-refractivity contribution in [2.24, 2.45) is 0 Å². The molecule has 2 aromatic carbocycles. The Kier molecular flexibility index (Phi) is 4.47. The lowest BCUT2D eigenvalue weighted by atomic mass is 9.81. The molecule has 2 atom stereocenters. The third-order valence-electron chi connectivity index (χ3n) is 4.10. The Bertz CT molecular complexity index is 798. The van der Waals surface area contributed by atoms with E-state index in [9.17, 15) is 19.8 Å². The minimum atomic E-state index is -1.28. The molecule has 3 rings (SSSR count). The molecule has 25 heavy (non-hydrogen) atoms. The second kappa shape index (κ2) is 6.72. The zero-order valence-corrected chi connectivity index (χ0v) is 13.3. The lowest BCUT2D eigenvalue weighted by Crippen LogP contribution is -2.26. The van der Waals surface area contributed by atoms with Crippen molar-refractivity contribution in [2.75, 3.05) is 13.9 Å². The maximum absolute atomic E-state index is 11.9. The highest BCUT2D eigenvalue weighted by Crippen LogP contribution is 2.39. The van der Waals surface area contributed by atoms with Crippen LogP contribution in [-0.2, 0) is 9.59 Å². The topological polar surface area (TPSA) is 102 Å². The van der Waals surface area contributed by atoms with Gasteiger partial charge in [0.25, 0.3) is 0 Å². The molecule has 1 aliphatic heterocycles. The Morgan fingerprint density at radius 1 is 0.920 bits per heavy atom. The molecule has 0 aromatic heterocycles. The van der Waals surface area contributed by atoms with Crippen molar-refractivity contribution in [3.8, 4) is 17.2 Å². The van der Waals surface area contributed by atoms with Gasteiger partial charge in [-0.1, -0.05) is 18.2 Å². The maximum atomic E-state index is 11.9. The first-order valence-corrected chi connectivity index (χ1v) is 7.50. The number of carbonyl (C=O) groups is 2. The van der Waals surface area contributed by atoms with E-state index in [-0.39, 0.29) is 6.79 Å². The van der Waals surface area contributed by atoms with Gasteiger partial charge in [-0.15, -0.1) is 0 Å². The van der Waals surface area contributed by atoms with Crippen molar-refractivity contribution in [1.29, 1.82) is 0 Å². The van der Waals surface area contributed by atoms with Crippen LogP contribution in [-0.4, -0.2) is 36.1 Å². The van der Waals surface area contributed by atoms with Gasteiger partial charge in [-0.25, -0.2) is 0 Å². The van der Waals surface area contributed by atoms with Crippen LogP contribution in [0.25, 0.3) is 0 Å². The van der Waals surface area contributed by atoms with E-state index in [2.05, 4.69) is 0 Å². The zero-order chi connectivity index (χ0) is 18.0. The van der Waals surface area contributed by atoms with Gasteiger partial charge in [-0.2, -0.15) is 0 Å². The van der Waals surface area contributed by atoms with E-state index in [0.717, 1.165) is 0 Å². The smallest absolute Gasteiger partial charge is 0.312 e. The molecular formula is C18H16O7. The summed E-state index contributed by atoms with van der Waals surface area (Å²) in [6.07, 6.45) is 0. The normalized spacial score (nSPS) is 14.6. The average Bonchev–Trinajstić information content (AvgIpc) is 3.06. The summed E-state index contributed by atoms with van der Waals surface area (Å²) in [7, 11) is 1.50. The van der Waals surface area contributed by atoms with Crippen LogP contribution in [0.5, 0.6) is 17.2 Å². The van der Waals surface area contributed by atoms with Gasteiger partial charge in [0.05, 0.1) is 18.9 Å². The molecule has 2 unspecified atom stereocenters. The Morgan fingerprint density at radius 2 is 1.48 bits per heavy atom. The van der Waals surface area contributed by atoms with E-state index in [0.29, 0.717) is 28.4 Å².